The second-order valence-electron chi connectivity index (χ2n) is 6.26. The molecule has 1 aliphatic carbocycles. The third-order valence-electron chi connectivity index (χ3n) is 4.48. The maximum atomic E-state index is 4.07. The van der Waals surface area contributed by atoms with E-state index in [1.807, 2.05) is 18.7 Å². The Hall–Kier alpha value is -0.830. The molecule has 0 bridgehead atoms. The summed E-state index contributed by atoms with van der Waals surface area (Å²) in [5.74, 6) is 1.71. The minimum Gasteiger partial charge on any atom is -0.337 e. The first-order chi connectivity index (χ1) is 9.27. The zero-order valence-corrected chi connectivity index (χ0v) is 12.5. The molecule has 0 aliphatic heterocycles. The Morgan fingerprint density at radius 3 is 2.84 bits per heavy atom. The van der Waals surface area contributed by atoms with Crippen molar-refractivity contribution >= 4 is 0 Å². The van der Waals surface area contributed by atoms with Gasteiger partial charge >= 0.3 is 0 Å². The molecule has 1 aliphatic rings. The number of imidazole rings is 1. The molecule has 1 saturated carbocycles. The molecule has 19 heavy (non-hydrogen) atoms. The highest BCUT2D eigenvalue weighted by Gasteiger charge is 2.26. The number of hydrogen-bond acceptors (Lipinski definition) is 2. The summed E-state index contributed by atoms with van der Waals surface area (Å²) in [4.78, 5) is 4.07. The molecule has 0 aromatic carbocycles. The van der Waals surface area contributed by atoms with Gasteiger partial charge in [-0.15, -0.1) is 0 Å². The number of nitrogens with zero attached hydrogens (tertiary/aromatic N) is 2. The van der Waals surface area contributed by atoms with Gasteiger partial charge in [-0.3, -0.25) is 0 Å². The third kappa shape index (κ3) is 4.64. The van der Waals surface area contributed by atoms with Crippen LogP contribution in [0.2, 0.25) is 0 Å². The van der Waals surface area contributed by atoms with Crippen LogP contribution in [0, 0.1) is 11.8 Å². The van der Waals surface area contributed by atoms with Crippen LogP contribution in [-0.2, 0) is 6.54 Å². The van der Waals surface area contributed by atoms with Crippen molar-refractivity contribution in [3.8, 4) is 0 Å². The van der Waals surface area contributed by atoms with Gasteiger partial charge in [0.25, 0.3) is 0 Å². The minimum atomic E-state index is 0.766. The molecule has 108 valence electrons. The van der Waals surface area contributed by atoms with Gasteiger partial charge in [0.15, 0.2) is 0 Å². The van der Waals surface area contributed by atoms with E-state index in [2.05, 4.69) is 28.7 Å². The van der Waals surface area contributed by atoms with E-state index in [-0.39, 0.29) is 0 Å². The van der Waals surface area contributed by atoms with Gasteiger partial charge in [0, 0.05) is 25.0 Å². The largest absolute Gasteiger partial charge is 0.337 e. The van der Waals surface area contributed by atoms with Gasteiger partial charge in [-0.1, -0.05) is 26.7 Å². The first kappa shape index (κ1) is 14.6. The molecule has 3 nitrogen and oxygen atoms in total. The van der Waals surface area contributed by atoms with E-state index in [4.69, 9.17) is 0 Å². The second kappa shape index (κ2) is 7.68. The highest BCUT2D eigenvalue weighted by Crippen LogP contribution is 2.30. The molecule has 0 spiro atoms. The van der Waals surface area contributed by atoms with Crippen molar-refractivity contribution < 1.29 is 0 Å². The van der Waals surface area contributed by atoms with Crippen molar-refractivity contribution in [2.45, 2.75) is 65.0 Å². The summed E-state index contributed by atoms with van der Waals surface area (Å²) >= 11 is 0. The summed E-state index contributed by atoms with van der Waals surface area (Å²) in [6.45, 7) is 7.02. The van der Waals surface area contributed by atoms with Crippen LogP contribution in [0.4, 0.5) is 0 Å². The molecule has 1 fully saturated rings. The second-order valence-corrected chi connectivity index (χ2v) is 6.26. The summed E-state index contributed by atoms with van der Waals surface area (Å²) < 4.78 is 2.16. The molecule has 0 radical (unpaired) electrons. The average Bonchev–Trinajstić information content (AvgIpc) is 2.92. The summed E-state index contributed by atoms with van der Waals surface area (Å²) in [5.41, 5.74) is 0. The van der Waals surface area contributed by atoms with E-state index in [0.717, 1.165) is 24.4 Å². The molecule has 0 saturated heterocycles. The number of rotatable bonds is 7. The van der Waals surface area contributed by atoms with Crippen LogP contribution >= 0.6 is 0 Å². The molecule has 2 unspecified atom stereocenters. The Morgan fingerprint density at radius 1 is 1.26 bits per heavy atom. The predicted octanol–water partition coefficient (Wildman–Crippen LogP) is 3.47. The number of nitrogens with one attached hydrogen (secondary N) is 1. The number of aryl methyl sites for hydroxylation is 1. The lowest BCUT2D eigenvalue weighted by atomic mass is 9.78. The molecular formula is C16H29N3. The summed E-state index contributed by atoms with van der Waals surface area (Å²) in [7, 11) is 0. The fraction of sp³-hybridized carbons (Fsp3) is 0.812. The minimum absolute atomic E-state index is 0.766. The summed E-state index contributed by atoms with van der Waals surface area (Å²) in [5, 5.41) is 3.81. The average molecular weight is 263 g/mol. The van der Waals surface area contributed by atoms with E-state index in [9.17, 15) is 0 Å². The van der Waals surface area contributed by atoms with E-state index in [1.54, 1.807) is 0 Å². The molecule has 3 heteroatoms. The smallest absolute Gasteiger partial charge is 0.0945 e. The maximum absolute atomic E-state index is 4.07. The number of aromatic nitrogens is 2. The van der Waals surface area contributed by atoms with Crippen molar-refractivity contribution in [3.05, 3.63) is 18.7 Å². The first-order valence-electron chi connectivity index (χ1n) is 7.96. The monoisotopic (exact) mass is 263 g/mol. The summed E-state index contributed by atoms with van der Waals surface area (Å²) in [6, 6.07) is 0.766. The predicted molar refractivity (Wildman–Crippen MR) is 80.0 cm³/mol. The third-order valence-corrected chi connectivity index (χ3v) is 4.48. The van der Waals surface area contributed by atoms with Crippen LogP contribution in [0.5, 0.6) is 0 Å². The molecule has 1 N–H and O–H groups in total. The Balaban J connectivity index is 1.61. The van der Waals surface area contributed by atoms with Gasteiger partial charge in [0.1, 0.15) is 0 Å². The van der Waals surface area contributed by atoms with Crippen molar-refractivity contribution in [2.75, 3.05) is 6.54 Å². The van der Waals surface area contributed by atoms with Crippen LogP contribution in [0.15, 0.2) is 18.7 Å². The van der Waals surface area contributed by atoms with Gasteiger partial charge < -0.3 is 9.88 Å². The summed E-state index contributed by atoms with van der Waals surface area (Å²) in [6.07, 6.45) is 14.0. The maximum Gasteiger partial charge on any atom is 0.0945 e. The molecule has 1 aromatic rings. The molecule has 2 atom stereocenters. The zero-order valence-electron chi connectivity index (χ0n) is 12.5. The van der Waals surface area contributed by atoms with Crippen LogP contribution < -0.4 is 5.32 Å². The van der Waals surface area contributed by atoms with Crippen molar-refractivity contribution in [3.63, 3.8) is 0 Å². The first-order valence-corrected chi connectivity index (χ1v) is 7.96. The molecule has 0 amide bonds. The Bertz CT molecular complexity index is 332. The van der Waals surface area contributed by atoms with E-state index in [1.165, 1.54) is 45.1 Å². The van der Waals surface area contributed by atoms with Crippen molar-refractivity contribution in [1.82, 2.24) is 14.9 Å². The Morgan fingerprint density at radius 2 is 2.11 bits per heavy atom. The van der Waals surface area contributed by atoms with Crippen LogP contribution in [0.3, 0.4) is 0 Å². The zero-order chi connectivity index (χ0) is 13.5. The highest BCUT2D eigenvalue weighted by atomic mass is 15.0. The van der Waals surface area contributed by atoms with Crippen molar-refractivity contribution in [2.24, 2.45) is 11.8 Å². The quantitative estimate of drug-likeness (QED) is 0.763. The number of hydrogen-bond donors (Lipinski definition) is 1. The molecule has 2 rings (SSSR count). The van der Waals surface area contributed by atoms with E-state index < -0.39 is 0 Å². The lowest BCUT2D eigenvalue weighted by Gasteiger charge is -2.35. The fourth-order valence-electron chi connectivity index (χ4n) is 3.34. The molecular weight excluding hydrogens is 234 g/mol. The van der Waals surface area contributed by atoms with Crippen LogP contribution in [0.25, 0.3) is 0 Å². The van der Waals surface area contributed by atoms with Gasteiger partial charge in [-0.05, 0) is 44.1 Å². The molecule has 1 heterocycles. The van der Waals surface area contributed by atoms with Crippen LogP contribution in [0.1, 0.15) is 52.4 Å². The number of unbranched alkanes of at least 4 members (excludes halogenated alkanes) is 1. The van der Waals surface area contributed by atoms with Crippen molar-refractivity contribution in [1.29, 1.82) is 0 Å². The van der Waals surface area contributed by atoms with Gasteiger partial charge in [-0.2, -0.15) is 0 Å². The normalized spacial score (nSPS) is 23.9. The topological polar surface area (TPSA) is 29.9 Å². The Kier molecular flexibility index (Phi) is 5.90. The highest BCUT2D eigenvalue weighted by molar-refractivity contribution is 4.82. The standard InChI is InChI=1S/C16H29N3/c1-14(2)15-7-3-4-8-16(15)18-9-5-6-11-19-12-10-17-13-19/h10,12-16,18H,3-9,11H2,1-2H3. The lowest BCUT2D eigenvalue weighted by Crippen LogP contribution is -2.41. The van der Waals surface area contributed by atoms with Gasteiger partial charge in [0.05, 0.1) is 6.33 Å². The van der Waals surface area contributed by atoms with Gasteiger partial charge in [-0.25, -0.2) is 4.98 Å². The fourth-order valence-corrected chi connectivity index (χ4v) is 3.34. The van der Waals surface area contributed by atoms with Crippen LogP contribution in [-0.4, -0.2) is 22.1 Å². The molecule has 1 aromatic heterocycles. The van der Waals surface area contributed by atoms with E-state index >= 15 is 0 Å². The van der Waals surface area contributed by atoms with E-state index in [0.29, 0.717) is 0 Å². The Labute approximate surface area is 117 Å². The SMILES string of the molecule is CC(C)C1CCCCC1NCCCCn1ccnc1. The lowest BCUT2D eigenvalue weighted by molar-refractivity contribution is 0.205. The van der Waals surface area contributed by atoms with Gasteiger partial charge in [0.2, 0.25) is 0 Å².